The lowest BCUT2D eigenvalue weighted by molar-refractivity contribution is -0.274. The third-order valence-electron chi connectivity index (χ3n) is 4.75. The summed E-state index contributed by atoms with van der Waals surface area (Å²) >= 11 is 0. The van der Waals surface area contributed by atoms with Crippen LogP contribution in [0, 0.1) is 5.92 Å². The van der Waals surface area contributed by atoms with Crippen LogP contribution < -0.4 is 10.1 Å². The van der Waals surface area contributed by atoms with E-state index in [0.29, 0.717) is 12.0 Å². The molecule has 24 heavy (non-hydrogen) atoms. The first-order valence-corrected chi connectivity index (χ1v) is 8.20. The number of hydrogen-bond donors (Lipinski definition) is 1. The van der Waals surface area contributed by atoms with Crippen LogP contribution in [0.2, 0.25) is 0 Å². The van der Waals surface area contributed by atoms with Gasteiger partial charge in [-0.2, -0.15) is 0 Å². The second kappa shape index (κ2) is 6.63. The maximum absolute atomic E-state index is 12.7. The average Bonchev–Trinajstić information content (AvgIpc) is 3.17. The number of nitrogens with one attached hydrogen (secondary N) is 1. The van der Waals surface area contributed by atoms with Crippen molar-refractivity contribution < 1.29 is 22.7 Å². The highest BCUT2D eigenvalue weighted by Gasteiger charge is 2.49. The molecule has 1 saturated heterocycles. The molecule has 1 heterocycles. The molecule has 2 fully saturated rings. The van der Waals surface area contributed by atoms with Gasteiger partial charge in [-0.15, -0.1) is 13.2 Å². The fourth-order valence-corrected chi connectivity index (χ4v) is 3.60. The molecule has 1 amide bonds. The van der Waals surface area contributed by atoms with E-state index in [2.05, 4.69) is 10.1 Å². The van der Waals surface area contributed by atoms with Crippen molar-refractivity contribution in [3.05, 3.63) is 29.8 Å². The lowest BCUT2D eigenvalue weighted by atomic mass is 10.1. The van der Waals surface area contributed by atoms with E-state index in [9.17, 15) is 18.0 Å². The molecule has 1 saturated carbocycles. The summed E-state index contributed by atoms with van der Waals surface area (Å²) < 4.78 is 41.7. The molecular weight excluding hydrogens is 321 g/mol. The van der Waals surface area contributed by atoms with Gasteiger partial charge in [-0.3, -0.25) is 4.79 Å². The van der Waals surface area contributed by atoms with E-state index in [1.54, 1.807) is 12.1 Å². The lowest BCUT2D eigenvalue weighted by Crippen LogP contribution is -2.41. The first-order chi connectivity index (χ1) is 11.4. The van der Waals surface area contributed by atoms with E-state index in [4.69, 9.17) is 0 Å². The van der Waals surface area contributed by atoms with E-state index in [0.717, 1.165) is 25.9 Å². The van der Waals surface area contributed by atoms with Crippen molar-refractivity contribution in [2.24, 2.45) is 5.92 Å². The van der Waals surface area contributed by atoms with Crippen molar-refractivity contribution in [2.75, 3.05) is 20.1 Å². The summed E-state index contributed by atoms with van der Waals surface area (Å²) in [6, 6.07) is 6.30. The van der Waals surface area contributed by atoms with Crippen molar-refractivity contribution in [3.8, 4) is 5.75 Å². The molecule has 0 radical (unpaired) electrons. The number of para-hydroxylation sites is 1. The Morgan fingerprint density at radius 2 is 2.12 bits per heavy atom. The molecule has 0 spiro atoms. The van der Waals surface area contributed by atoms with Crippen molar-refractivity contribution in [1.82, 2.24) is 10.2 Å². The number of carbonyl (C=O) groups is 1. The van der Waals surface area contributed by atoms with Gasteiger partial charge in [-0.25, -0.2) is 0 Å². The van der Waals surface area contributed by atoms with Crippen LogP contribution >= 0.6 is 0 Å². The number of hydrogen-bond acceptors (Lipinski definition) is 3. The Morgan fingerprint density at radius 3 is 2.83 bits per heavy atom. The topological polar surface area (TPSA) is 41.6 Å². The maximum atomic E-state index is 12.7. The van der Waals surface area contributed by atoms with Crippen LogP contribution in [0.3, 0.4) is 0 Å². The molecule has 0 bridgehead atoms. The fourth-order valence-electron chi connectivity index (χ4n) is 3.60. The molecule has 4 nitrogen and oxygen atoms in total. The lowest BCUT2D eigenvalue weighted by Gasteiger charge is -2.25. The number of likely N-dealkylation sites (tertiary alicyclic amines) is 1. The molecule has 1 aliphatic heterocycles. The van der Waals surface area contributed by atoms with Gasteiger partial charge in [-0.05, 0) is 43.9 Å². The van der Waals surface area contributed by atoms with Crippen molar-refractivity contribution in [3.63, 3.8) is 0 Å². The summed E-state index contributed by atoms with van der Waals surface area (Å²) in [7, 11) is 1.85. The molecular formula is C17H21F3N2O2. The largest absolute Gasteiger partial charge is 0.573 e. The first-order valence-electron chi connectivity index (χ1n) is 8.20. The molecule has 0 aromatic heterocycles. The molecule has 3 atom stereocenters. The molecule has 7 heteroatoms. The van der Waals surface area contributed by atoms with Crippen LogP contribution in [-0.2, 0) is 4.79 Å². The van der Waals surface area contributed by atoms with Gasteiger partial charge in [0, 0.05) is 25.0 Å². The van der Waals surface area contributed by atoms with Crippen molar-refractivity contribution in [1.29, 1.82) is 0 Å². The van der Waals surface area contributed by atoms with Crippen LogP contribution in [0.15, 0.2) is 24.3 Å². The first kappa shape index (κ1) is 17.1. The molecule has 3 rings (SSSR count). The predicted octanol–water partition coefficient (Wildman–Crippen LogP) is 2.90. The van der Waals surface area contributed by atoms with Crippen LogP contribution in [0.25, 0.3) is 0 Å². The fraction of sp³-hybridized carbons (Fsp3) is 0.588. The molecule has 132 valence electrons. The van der Waals surface area contributed by atoms with Gasteiger partial charge >= 0.3 is 6.36 Å². The zero-order valence-electron chi connectivity index (χ0n) is 13.5. The monoisotopic (exact) mass is 342 g/mol. The Kier molecular flexibility index (Phi) is 4.71. The molecule has 3 unspecified atom stereocenters. The summed E-state index contributed by atoms with van der Waals surface area (Å²) in [6.45, 7) is 1.48. The van der Waals surface area contributed by atoms with Crippen LogP contribution in [0.4, 0.5) is 13.2 Å². The average molecular weight is 342 g/mol. The normalized spacial score (nSPS) is 26.5. The Balaban J connectivity index is 1.70. The number of ether oxygens (including phenoxy) is 1. The second-order valence-corrected chi connectivity index (χ2v) is 6.42. The minimum Gasteiger partial charge on any atom is -0.405 e. The Labute approximate surface area is 139 Å². The van der Waals surface area contributed by atoms with Gasteiger partial charge in [0.15, 0.2) is 0 Å². The Hall–Kier alpha value is -1.76. The highest BCUT2D eigenvalue weighted by molar-refractivity contribution is 5.83. The zero-order valence-corrected chi connectivity index (χ0v) is 13.5. The summed E-state index contributed by atoms with van der Waals surface area (Å²) in [5.41, 5.74) is 0.470. The number of rotatable bonds is 5. The summed E-state index contributed by atoms with van der Waals surface area (Å²) in [5, 5.41) is 3.09. The van der Waals surface area contributed by atoms with E-state index in [-0.39, 0.29) is 29.5 Å². The second-order valence-electron chi connectivity index (χ2n) is 6.42. The van der Waals surface area contributed by atoms with E-state index < -0.39 is 6.36 Å². The van der Waals surface area contributed by atoms with Gasteiger partial charge in [0.2, 0.25) is 5.91 Å². The molecule has 1 aromatic carbocycles. The van der Waals surface area contributed by atoms with Crippen LogP contribution in [0.1, 0.15) is 30.7 Å². The van der Waals surface area contributed by atoms with Gasteiger partial charge in [0.1, 0.15) is 5.75 Å². The van der Waals surface area contributed by atoms with Gasteiger partial charge in [-0.1, -0.05) is 18.2 Å². The number of alkyl halides is 3. The SMILES string of the molecule is CNCC1CCCN1C(=O)C1CC1c1ccccc1OC(F)(F)F. The minimum absolute atomic E-state index is 0.0551. The summed E-state index contributed by atoms with van der Waals surface area (Å²) in [5.74, 6) is -0.564. The Bertz CT molecular complexity index is 606. The third-order valence-corrected chi connectivity index (χ3v) is 4.75. The van der Waals surface area contributed by atoms with Crippen molar-refractivity contribution in [2.45, 2.75) is 37.6 Å². The van der Waals surface area contributed by atoms with E-state index in [1.165, 1.54) is 12.1 Å². The molecule has 1 aliphatic carbocycles. The third kappa shape index (κ3) is 3.66. The van der Waals surface area contributed by atoms with Crippen molar-refractivity contribution >= 4 is 5.91 Å². The van der Waals surface area contributed by atoms with E-state index >= 15 is 0 Å². The number of halogens is 3. The number of amides is 1. The zero-order chi connectivity index (χ0) is 17.3. The standard InChI is InChI=1S/C17H21F3N2O2/c1-21-10-11-5-4-8-22(11)16(23)14-9-13(14)12-6-2-3-7-15(12)24-17(18,19)20/h2-3,6-7,11,13-14,21H,4-5,8-10H2,1H3. The highest BCUT2D eigenvalue weighted by Crippen LogP contribution is 2.52. The van der Waals surface area contributed by atoms with Crippen LogP contribution in [0.5, 0.6) is 5.75 Å². The maximum Gasteiger partial charge on any atom is 0.573 e. The quantitative estimate of drug-likeness (QED) is 0.895. The summed E-state index contributed by atoms with van der Waals surface area (Å²) in [4.78, 5) is 14.6. The van der Waals surface area contributed by atoms with Gasteiger partial charge in [0.25, 0.3) is 0 Å². The predicted molar refractivity (Wildman–Crippen MR) is 82.6 cm³/mol. The van der Waals surface area contributed by atoms with Gasteiger partial charge in [0.05, 0.1) is 0 Å². The molecule has 1 aromatic rings. The smallest absolute Gasteiger partial charge is 0.405 e. The minimum atomic E-state index is -4.72. The highest BCUT2D eigenvalue weighted by atomic mass is 19.4. The van der Waals surface area contributed by atoms with E-state index in [1.807, 2.05) is 11.9 Å². The number of nitrogens with zero attached hydrogens (tertiary/aromatic N) is 1. The number of carbonyl (C=O) groups excluding carboxylic acids is 1. The number of likely N-dealkylation sites (N-methyl/N-ethyl adjacent to an activating group) is 1. The molecule has 2 aliphatic rings. The summed E-state index contributed by atoms with van der Waals surface area (Å²) in [6.07, 6.45) is -2.20. The van der Waals surface area contributed by atoms with Gasteiger partial charge < -0.3 is 15.0 Å². The van der Waals surface area contributed by atoms with Crippen LogP contribution in [-0.4, -0.2) is 43.3 Å². The number of benzene rings is 1. The Morgan fingerprint density at radius 1 is 1.38 bits per heavy atom. The molecule has 1 N–H and O–H groups in total.